The highest BCUT2D eigenvalue weighted by molar-refractivity contribution is 5.79. The average molecular weight is 196 g/mol. The van der Waals surface area contributed by atoms with Gasteiger partial charge in [-0.1, -0.05) is 6.92 Å². The van der Waals surface area contributed by atoms with Crippen LogP contribution in [0.5, 0.6) is 0 Å². The summed E-state index contributed by atoms with van der Waals surface area (Å²) in [6, 6.07) is 0.389. The van der Waals surface area contributed by atoms with Gasteiger partial charge in [0, 0.05) is 18.5 Å². The van der Waals surface area contributed by atoms with Gasteiger partial charge in [0.05, 0.1) is 0 Å². The molecule has 0 aromatic heterocycles. The molecule has 2 rings (SSSR count). The lowest BCUT2D eigenvalue weighted by molar-refractivity contribution is -0.129. The average Bonchev–Trinajstić information content (AvgIpc) is 2.04. The summed E-state index contributed by atoms with van der Waals surface area (Å²) in [5.74, 6) is 1.97. The first-order valence-corrected chi connectivity index (χ1v) is 5.68. The molecule has 0 aromatic carbocycles. The summed E-state index contributed by atoms with van der Waals surface area (Å²) in [5.41, 5.74) is 5.68. The quantitative estimate of drug-likeness (QED) is 0.704. The van der Waals surface area contributed by atoms with Gasteiger partial charge >= 0.3 is 0 Å². The molecular weight excluding hydrogens is 176 g/mol. The van der Waals surface area contributed by atoms with Gasteiger partial charge in [0.2, 0.25) is 5.91 Å². The zero-order valence-corrected chi connectivity index (χ0v) is 8.83. The van der Waals surface area contributed by atoms with Crippen molar-refractivity contribution in [1.82, 2.24) is 5.32 Å². The maximum absolute atomic E-state index is 11.6. The number of hydrogen-bond donors (Lipinski definition) is 2. The molecule has 0 heterocycles. The molecule has 2 aliphatic carbocycles. The van der Waals surface area contributed by atoms with Gasteiger partial charge in [-0.05, 0) is 37.5 Å². The van der Waals surface area contributed by atoms with Crippen LogP contribution < -0.4 is 11.1 Å². The third-order valence-electron chi connectivity index (χ3n) is 3.58. The Balaban J connectivity index is 1.59. The van der Waals surface area contributed by atoms with Gasteiger partial charge in [0.1, 0.15) is 0 Å². The minimum absolute atomic E-state index is 0.267. The Labute approximate surface area is 85.4 Å². The lowest BCUT2D eigenvalue weighted by Crippen LogP contribution is -2.45. The summed E-state index contributed by atoms with van der Waals surface area (Å²) in [6.07, 6.45) is 4.33. The first-order chi connectivity index (χ1) is 6.65. The minimum atomic E-state index is 0.267. The van der Waals surface area contributed by atoms with E-state index in [2.05, 4.69) is 12.2 Å². The summed E-state index contributed by atoms with van der Waals surface area (Å²) >= 11 is 0. The molecule has 80 valence electrons. The topological polar surface area (TPSA) is 55.1 Å². The highest BCUT2D eigenvalue weighted by atomic mass is 16.1. The van der Waals surface area contributed by atoms with Gasteiger partial charge in [0.25, 0.3) is 0 Å². The van der Waals surface area contributed by atoms with Crippen LogP contribution in [0.1, 0.15) is 32.6 Å². The van der Waals surface area contributed by atoms with Crippen LogP contribution in [0.2, 0.25) is 0 Å². The molecule has 0 bridgehead atoms. The van der Waals surface area contributed by atoms with Crippen LogP contribution in [0.3, 0.4) is 0 Å². The standard InChI is InChI=1S/C11H20N2O/c1-7-2-9(3-7)11(14)13-6-8-4-10(12)5-8/h7-10H,2-6,12H2,1H3,(H,13,14). The van der Waals surface area contributed by atoms with Crippen LogP contribution in [0, 0.1) is 17.8 Å². The monoisotopic (exact) mass is 196 g/mol. The molecule has 2 aliphatic rings. The number of amides is 1. The number of nitrogens with one attached hydrogen (secondary N) is 1. The summed E-state index contributed by atoms with van der Waals surface area (Å²) in [4.78, 5) is 11.6. The van der Waals surface area contributed by atoms with Crippen molar-refractivity contribution in [3.63, 3.8) is 0 Å². The van der Waals surface area contributed by atoms with Crippen molar-refractivity contribution in [2.45, 2.75) is 38.6 Å². The first-order valence-electron chi connectivity index (χ1n) is 5.68. The van der Waals surface area contributed by atoms with Crippen molar-refractivity contribution in [3.05, 3.63) is 0 Å². The summed E-state index contributed by atoms with van der Waals surface area (Å²) in [5, 5.41) is 3.03. The van der Waals surface area contributed by atoms with Crippen LogP contribution >= 0.6 is 0 Å². The van der Waals surface area contributed by atoms with E-state index in [4.69, 9.17) is 5.73 Å². The third-order valence-corrected chi connectivity index (χ3v) is 3.58. The van der Waals surface area contributed by atoms with E-state index in [1.54, 1.807) is 0 Å². The van der Waals surface area contributed by atoms with E-state index in [1.807, 2.05) is 0 Å². The Hall–Kier alpha value is -0.570. The Morgan fingerprint density at radius 1 is 1.36 bits per heavy atom. The van der Waals surface area contributed by atoms with E-state index >= 15 is 0 Å². The molecule has 0 aliphatic heterocycles. The molecular formula is C11H20N2O. The first kappa shape index (κ1) is 9.97. The van der Waals surface area contributed by atoms with Crippen molar-refractivity contribution < 1.29 is 4.79 Å². The molecule has 2 fully saturated rings. The fraction of sp³-hybridized carbons (Fsp3) is 0.909. The Morgan fingerprint density at radius 2 is 2.00 bits per heavy atom. The predicted molar refractivity (Wildman–Crippen MR) is 55.6 cm³/mol. The maximum atomic E-state index is 11.6. The predicted octanol–water partition coefficient (Wildman–Crippen LogP) is 0.886. The van der Waals surface area contributed by atoms with Crippen LogP contribution in [0.25, 0.3) is 0 Å². The second-order valence-electron chi connectivity index (χ2n) is 5.12. The van der Waals surface area contributed by atoms with Crippen LogP contribution in [-0.4, -0.2) is 18.5 Å². The molecule has 2 saturated carbocycles. The molecule has 0 unspecified atom stereocenters. The summed E-state index contributed by atoms with van der Waals surface area (Å²) < 4.78 is 0. The third kappa shape index (κ3) is 2.08. The number of hydrogen-bond acceptors (Lipinski definition) is 2. The minimum Gasteiger partial charge on any atom is -0.356 e. The number of carbonyl (C=O) groups excluding carboxylic acids is 1. The molecule has 3 N–H and O–H groups in total. The van der Waals surface area contributed by atoms with E-state index in [0.717, 1.165) is 38.1 Å². The van der Waals surface area contributed by atoms with Crippen molar-refractivity contribution in [2.75, 3.05) is 6.54 Å². The van der Waals surface area contributed by atoms with Crippen molar-refractivity contribution in [2.24, 2.45) is 23.5 Å². The lowest BCUT2D eigenvalue weighted by Gasteiger charge is -2.35. The van der Waals surface area contributed by atoms with Crippen LogP contribution in [0.15, 0.2) is 0 Å². The lowest BCUT2D eigenvalue weighted by atomic mass is 9.75. The highest BCUT2D eigenvalue weighted by Gasteiger charge is 2.32. The van der Waals surface area contributed by atoms with Gasteiger partial charge in [-0.3, -0.25) is 4.79 Å². The van der Waals surface area contributed by atoms with E-state index in [-0.39, 0.29) is 5.91 Å². The largest absolute Gasteiger partial charge is 0.356 e. The van der Waals surface area contributed by atoms with Gasteiger partial charge in [-0.25, -0.2) is 0 Å². The van der Waals surface area contributed by atoms with Gasteiger partial charge in [-0.2, -0.15) is 0 Å². The molecule has 0 saturated heterocycles. The van der Waals surface area contributed by atoms with Crippen molar-refractivity contribution in [3.8, 4) is 0 Å². The zero-order chi connectivity index (χ0) is 10.1. The van der Waals surface area contributed by atoms with Crippen LogP contribution in [-0.2, 0) is 4.79 Å². The molecule has 0 atom stereocenters. The van der Waals surface area contributed by atoms with E-state index in [9.17, 15) is 4.79 Å². The molecule has 3 nitrogen and oxygen atoms in total. The molecule has 1 amide bonds. The van der Waals surface area contributed by atoms with E-state index < -0.39 is 0 Å². The van der Waals surface area contributed by atoms with Crippen molar-refractivity contribution in [1.29, 1.82) is 0 Å². The second-order valence-corrected chi connectivity index (χ2v) is 5.12. The molecule has 3 heteroatoms. The Morgan fingerprint density at radius 3 is 2.50 bits per heavy atom. The summed E-state index contributed by atoms with van der Waals surface area (Å²) in [7, 11) is 0. The van der Waals surface area contributed by atoms with Gasteiger partial charge in [-0.15, -0.1) is 0 Å². The number of carbonyl (C=O) groups is 1. The molecule has 0 aromatic rings. The number of nitrogens with two attached hydrogens (primary N) is 1. The van der Waals surface area contributed by atoms with E-state index in [1.165, 1.54) is 0 Å². The SMILES string of the molecule is CC1CC(C(=O)NCC2CC(N)C2)C1. The van der Waals surface area contributed by atoms with Crippen LogP contribution in [0.4, 0.5) is 0 Å². The smallest absolute Gasteiger partial charge is 0.223 e. The summed E-state index contributed by atoms with van der Waals surface area (Å²) in [6.45, 7) is 3.05. The van der Waals surface area contributed by atoms with E-state index in [0.29, 0.717) is 17.9 Å². The molecule has 0 radical (unpaired) electrons. The second kappa shape index (κ2) is 3.89. The Kier molecular flexibility index (Phi) is 2.77. The molecule has 0 spiro atoms. The number of rotatable bonds is 3. The van der Waals surface area contributed by atoms with Gasteiger partial charge in [0.15, 0.2) is 0 Å². The van der Waals surface area contributed by atoms with Crippen molar-refractivity contribution >= 4 is 5.91 Å². The Bertz CT molecular complexity index is 217. The fourth-order valence-electron chi connectivity index (χ4n) is 2.46. The fourth-order valence-corrected chi connectivity index (χ4v) is 2.46. The molecule has 14 heavy (non-hydrogen) atoms. The maximum Gasteiger partial charge on any atom is 0.223 e. The highest BCUT2D eigenvalue weighted by Crippen LogP contribution is 2.33. The van der Waals surface area contributed by atoms with Gasteiger partial charge < -0.3 is 11.1 Å². The zero-order valence-electron chi connectivity index (χ0n) is 8.83. The normalized spacial score (nSPS) is 41.0.